The lowest BCUT2D eigenvalue weighted by Crippen LogP contribution is -2.53. The van der Waals surface area contributed by atoms with Crippen LogP contribution in [0.2, 0.25) is 0 Å². The molecule has 0 saturated carbocycles. The lowest BCUT2D eigenvalue weighted by atomic mass is 9.83. The minimum absolute atomic E-state index is 0.00979. The molecule has 2 unspecified atom stereocenters. The molecule has 35 heavy (non-hydrogen) atoms. The van der Waals surface area contributed by atoms with E-state index in [2.05, 4.69) is 5.32 Å². The molecule has 1 aromatic rings. The lowest BCUT2D eigenvalue weighted by Gasteiger charge is -2.43. The van der Waals surface area contributed by atoms with E-state index in [1.807, 2.05) is 32.0 Å². The highest BCUT2D eigenvalue weighted by atomic mass is 16.7. The van der Waals surface area contributed by atoms with E-state index in [1.54, 1.807) is 12.1 Å². The van der Waals surface area contributed by atoms with Crippen molar-refractivity contribution in [3.8, 4) is 0 Å². The van der Waals surface area contributed by atoms with Crippen molar-refractivity contribution in [3.63, 3.8) is 0 Å². The van der Waals surface area contributed by atoms with Crippen LogP contribution >= 0.6 is 0 Å². The topological polar surface area (TPSA) is 119 Å². The average Bonchev–Trinajstić information content (AvgIpc) is 2.83. The van der Waals surface area contributed by atoms with Crippen LogP contribution in [0.3, 0.4) is 0 Å². The summed E-state index contributed by atoms with van der Waals surface area (Å²) in [7, 11) is 0. The van der Waals surface area contributed by atoms with Crippen molar-refractivity contribution in [2.75, 3.05) is 46.2 Å². The van der Waals surface area contributed by atoms with Crippen molar-refractivity contribution < 1.29 is 42.8 Å². The van der Waals surface area contributed by atoms with Crippen LogP contribution in [0.4, 0.5) is 0 Å². The Morgan fingerprint density at radius 1 is 0.886 bits per heavy atom. The predicted molar refractivity (Wildman–Crippen MR) is 126 cm³/mol. The maximum Gasteiger partial charge on any atom is 0.303 e. The summed E-state index contributed by atoms with van der Waals surface area (Å²) < 4.78 is 33.3. The number of rotatable bonds is 14. The first-order valence-electron chi connectivity index (χ1n) is 11.9. The van der Waals surface area contributed by atoms with Crippen LogP contribution in [0.25, 0.3) is 0 Å². The molecule has 196 valence electrons. The van der Waals surface area contributed by atoms with Crippen LogP contribution in [0.5, 0.6) is 0 Å². The molecule has 1 aliphatic heterocycles. The van der Waals surface area contributed by atoms with E-state index in [-0.39, 0.29) is 43.0 Å². The Bertz CT molecular complexity index is 786. The second-order valence-corrected chi connectivity index (χ2v) is 8.36. The van der Waals surface area contributed by atoms with E-state index in [9.17, 15) is 14.4 Å². The van der Waals surface area contributed by atoms with Crippen LogP contribution in [-0.4, -0.2) is 82.5 Å². The van der Waals surface area contributed by atoms with Crippen molar-refractivity contribution in [1.82, 2.24) is 5.32 Å². The molecule has 0 aliphatic carbocycles. The van der Waals surface area contributed by atoms with Crippen molar-refractivity contribution in [3.05, 3.63) is 35.9 Å². The molecular weight excluding hydrogens is 458 g/mol. The van der Waals surface area contributed by atoms with Gasteiger partial charge in [-0.05, 0) is 18.1 Å². The Morgan fingerprint density at radius 3 is 2.20 bits per heavy atom. The van der Waals surface area contributed by atoms with Crippen LogP contribution < -0.4 is 5.32 Å². The van der Waals surface area contributed by atoms with Gasteiger partial charge in [0.15, 0.2) is 12.4 Å². The van der Waals surface area contributed by atoms with Crippen LogP contribution in [0.15, 0.2) is 30.3 Å². The van der Waals surface area contributed by atoms with Crippen molar-refractivity contribution in [2.45, 2.75) is 46.2 Å². The monoisotopic (exact) mass is 495 g/mol. The molecule has 1 N–H and O–H groups in total. The van der Waals surface area contributed by atoms with Gasteiger partial charge in [-0.3, -0.25) is 14.4 Å². The van der Waals surface area contributed by atoms with E-state index < -0.39 is 18.4 Å². The fourth-order valence-corrected chi connectivity index (χ4v) is 3.61. The van der Waals surface area contributed by atoms with Gasteiger partial charge in [0.1, 0.15) is 6.61 Å². The second-order valence-electron chi connectivity index (χ2n) is 8.36. The Balaban J connectivity index is 1.63. The van der Waals surface area contributed by atoms with E-state index in [1.165, 1.54) is 13.8 Å². The summed E-state index contributed by atoms with van der Waals surface area (Å²) in [6.07, 6.45) is -1.74. The smallest absolute Gasteiger partial charge is 0.303 e. The molecular formula is C25H37NO9. The first-order valence-corrected chi connectivity index (χ1v) is 11.9. The summed E-state index contributed by atoms with van der Waals surface area (Å²) in [5, 5.41) is 2.79. The third-order valence-electron chi connectivity index (χ3n) is 5.71. The molecule has 1 aromatic carbocycles. The molecule has 0 spiro atoms. The van der Waals surface area contributed by atoms with Crippen LogP contribution in [0.1, 0.15) is 38.1 Å². The Hall–Kier alpha value is -2.53. The van der Waals surface area contributed by atoms with Crippen LogP contribution in [-0.2, 0) is 38.0 Å². The normalized spacial score (nSPS) is 23.9. The van der Waals surface area contributed by atoms with Gasteiger partial charge in [0.25, 0.3) is 5.91 Å². The molecule has 1 saturated heterocycles. The number of benzene rings is 1. The van der Waals surface area contributed by atoms with Crippen LogP contribution in [0, 0.1) is 11.8 Å². The van der Waals surface area contributed by atoms with Gasteiger partial charge in [0.2, 0.25) is 0 Å². The van der Waals surface area contributed by atoms with E-state index in [0.717, 1.165) is 0 Å². The highest BCUT2D eigenvalue weighted by molar-refractivity contribution is 5.94. The summed E-state index contributed by atoms with van der Waals surface area (Å²) in [4.78, 5) is 34.7. The van der Waals surface area contributed by atoms with E-state index in [4.69, 9.17) is 28.4 Å². The molecule has 10 heteroatoms. The number of carbonyl (C=O) groups excluding carboxylic acids is 3. The fraction of sp³-hybridized carbons (Fsp3) is 0.640. The maximum absolute atomic E-state index is 11.9. The number of amides is 1. The molecule has 1 fully saturated rings. The highest BCUT2D eigenvalue weighted by Crippen LogP contribution is 2.33. The summed E-state index contributed by atoms with van der Waals surface area (Å²) in [5.41, 5.74) is 0.607. The number of ether oxygens (including phenoxy) is 6. The summed E-state index contributed by atoms with van der Waals surface area (Å²) in [5.74, 6) is -1.02. The minimum Gasteiger partial charge on any atom is -0.463 e. The third kappa shape index (κ3) is 10.3. The van der Waals surface area contributed by atoms with Gasteiger partial charge in [-0.25, -0.2) is 0 Å². The minimum atomic E-state index is -0.793. The van der Waals surface area contributed by atoms with Crippen molar-refractivity contribution in [2.24, 2.45) is 11.8 Å². The number of esters is 2. The van der Waals surface area contributed by atoms with Gasteiger partial charge in [0, 0.05) is 31.9 Å². The summed E-state index contributed by atoms with van der Waals surface area (Å²) in [6.45, 7) is 8.72. The third-order valence-corrected chi connectivity index (χ3v) is 5.71. The average molecular weight is 496 g/mol. The number of nitrogens with one attached hydrogen (secondary N) is 1. The zero-order valence-corrected chi connectivity index (χ0v) is 20.9. The fourth-order valence-electron chi connectivity index (χ4n) is 3.61. The summed E-state index contributed by atoms with van der Waals surface area (Å²) in [6, 6.07) is 8.98. The molecule has 0 bridgehead atoms. The highest BCUT2D eigenvalue weighted by Gasteiger charge is 2.44. The molecule has 1 aliphatic rings. The Kier molecular flexibility index (Phi) is 12.7. The molecule has 5 atom stereocenters. The molecule has 0 radical (unpaired) electrons. The predicted octanol–water partition coefficient (Wildman–Crippen LogP) is 1.96. The molecule has 1 amide bonds. The standard InChI is InChI=1S/C25H37NO9/c1-17-18(2)23(34-20(4)28)25(35-22(17)16-33-19(3)27)32-15-14-31-13-12-30-11-10-26-24(29)21-8-6-5-7-9-21/h5-9,17-18,22-23,25H,10-16H2,1-4H3,(H,26,29)/t17-,18-,22?,23?,25-/m0/s1. The number of carbonyl (C=O) groups is 3. The largest absolute Gasteiger partial charge is 0.463 e. The Labute approximate surface area is 206 Å². The van der Waals surface area contributed by atoms with Gasteiger partial charge in [-0.15, -0.1) is 0 Å². The second kappa shape index (κ2) is 15.5. The molecule has 10 nitrogen and oxygen atoms in total. The number of hydrogen-bond donors (Lipinski definition) is 1. The zero-order valence-electron chi connectivity index (χ0n) is 20.9. The van der Waals surface area contributed by atoms with Gasteiger partial charge < -0.3 is 33.7 Å². The van der Waals surface area contributed by atoms with Gasteiger partial charge in [-0.1, -0.05) is 32.0 Å². The first kappa shape index (κ1) is 28.7. The van der Waals surface area contributed by atoms with E-state index >= 15 is 0 Å². The van der Waals surface area contributed by atoms with Gasteiger partial charge in [0.05, 0.1) is 39.1 Å². The van der Waals surface area contributed by atoms with Gasteiger partial charge >= 0.3 is 11.9 Å². The van der Waals surface area contributed by atoms with Crippen molar-refractivity contribution >= 4 is 17.8 Å². The maximum atomic E-state index is 11.9. The lowest BCUT2D eigenvalue weighted by molar-refractivity contribution is -0.282. The summed E-state index contributed by atoms with van der Waals surface area (Å²) >= 11 is 0. The van der Waals surface area contributed by atoms with E-state index in [0.29, 0.717) is 38.5 Å². The molecule has 1 heterocycles. The first-order chi connectivity index (χ1) is 16.8. The van der Waals surface area contributed by atoms with Crippen molar-refractivity contribution in [1.29, 1.82) is 0 Å². The SMILES string of the molecule is CC(=O)OCC1O[C@H](OCCOCCOCCNC(=O)c2ccccc2)C(OC(C)=O)[C@@H](C)[C@@H]1C. The quantitative estimate of drug-likeness (QED) is 0.305. The zero-order chi connectivity index (χ0) is 25.6. The Morgan fingerprint density at radius 2 is 1.54 bits per heavy atom. The number of hydrogen-bond acceptors (Lipinski definition) is 9. The van der Waals surface area contributed by atoms with Gasteiger partial charge in [-0.2, -0.15) is 0 Å². The molecule has 0 aromatic heterocycles. The molecule has 2 rings (SSSR count).